The van der Waals surface area contributed by atoms with Crippen LogP contribution in [0, 0.1) is 0 Å². The highest BCUT2D eigenvalue weighted by molar-refractivity contribution is 7.98. The molecule has 0 atom stereocenters. The number of anilines is 2. The molecule has 2 rings (SSSR count). The van der Waals surface area contributed by atoms with E-state index in [2.05, 4.69) is 12.2 Å². The summed E-state index contributed by atoms with van der Waals surface area (Å²) >= 11 is 1.66. The van der Waals surface area contributed by atoms with E-state index < -0.39 is 0 Å². The predicted octanol–water partition coefficient (Wildman–Crippen LogP) is 3.87. The van der Waals surface area contributed by atoms with Crippen molar-refractivity contribution in [1.29, 1.82) is 0 Å². The highest BCUT2D eigenvalue weighted by Gasteiger charge is 2.10. The summed E-state index contributed by atoms with van der Waals surface area (Å²) in [4.78, 5) is 15.4. The van der Waals surface area contributed by atoms with Gasteiger partial charge in [0.15, 0.2) is 0 Å². The van der Waals surface area contributed by atoms with Crippen LogP contribution >= 0.6 is 11.8 Å². The van der Waals surface area contributed by atoms with Gasteiger partial charge in [-0.25, -0.2) is 0 Å². The smallest absolute Gasteiger partial charge is 0.243 e. The largest absolute Gasteiger partial charge is 0.362 e. The van der Waals surface area contributed by atoms with Gasteiger partial charge >= 0.3 is 0 Å². The van der Waals surface area contributed by atoms with E-state index in [9.17, 15) is 4.79 Å². The van der Waals surface area contributed by atoms with Gasteiger partial charge in [-0.1, -0.05) is 24.3 Å². The third-order valence-electron chi connectivity index (χ3n) is 3.19. The van der Waals surface area contributed by atoms with E-state index in [1.807, 2.05) is 65.8 Å². The van der Waals surface area contributed by atoms with Gasteiger partial charge in [-0.05, 0) is 43.5 Å². The monoisotopic (exact) mass is 300 g/mol. The van der Waals surface area contributed by atoms with Crippen molar-refractivity contribution in [1.82, 2.24) is 0 Å². The molecular formula is C17H20N2OS. The number of carbonyl (C=O) groups excluding carboxylic acids is 1. The van der Waals surface area contributed by atoms with E-state index in [-0.39, 0.29) is 5.91 Å². The second-order valence-electron chi connectivity index (χ2n) is 4.63. The summed E-state index contributed by atoms with van der Waals surface area (Å²) in [5.41, 5.74) is 1.91. The zero-order valence-corrected chi connectivity index (χ0v) is 13.2. The van der Waals surface area contributed by atoms with Crippen LogP contribution in [-0.2, 0) is 4.79 Å². The molecule has 21 heavy (non-hydrogen) atoms. The van der Waals surface area contributed by atoms with Gasteiger partial charge in [-0.15, -0.1) is 11.8 Å². The second kappa shape index (κ2) is 7.74. The molecular weight excluding hydrogens is 280 g/mol. The van der Waals surface area contributed by atoms with Crippen LogP contribution in [0.1, 0.15) is 6.92 Å². The average Bonchev–Trinajstić information content (AvgIpc) is 2.53. The first kappa shape index (κ1) is 15.4. The minimum absolute atomic E-state index is 0.000967. The number of para-hydroxylation sites is 1. The molecule has 2 aromatic rings. The first-order valence-electron chi connectivity index (χ1n) is 6.97. The first-order valence-corrected chi connectivity index (χ1v) is 8.19. The zero-order valence-electron chi connectivity index (χ0n) is 12.4. The minimum Gasteiger partial charge on any atom is -0.362 e. The molecule has 0 bridgehead atoms. The van der Waals surface area contributed by atoms with Crippen molar-refractivity contribution in [2.75, 3.05) is 29.6 Å². The molecule has 0 saturated heterocycles. The van der Waals surface area contributed by atoms with Gasteiger partial charge in [0.2, 0.25) is 5.91 Å². The molecule has 0 saturated carbocycles. The Morgan fingerprint density at radius 1 is 1.14 bits per heavy atom. The molecule has 0 aliphatic rings. The van der Waals surface area contributed by atoms with E-state index >= 15 is 0 Å². The summed E-state index contributed by atoms with van der Waals surface area (Å²) in [6, 6.07) is 17.9. The standard InChI is InChI=1S/C17H20N2OS/c1-3-19(15-9-5-4-6-10-15)13-17(20)18-14-8-7-11-16(12-14)21-2/h4-12H,3,13H2,1-2H3,(H,18,20). The fourth-order valence-corrected chi connectivity index (χ4v) is 2.56. The molecule has 2 aromatic carbocycles. The Balaban J connectivity index is 2.00. The van der Waals surface area contributed by atoms with Crippen molar-refractivity contribution in [2.24, 2.45) is 0 Å². The molecule has 0 fully saturated rings. The number of rotatable bonds is 6. The van der Waals surface area contributed by atoms with Crippen LogP contribution in [0.2, 0.25) is 0 Å². The Morgan fingerprint density at radius 3 is 2.57 bits per heavy atom. The minimum atomic E-state index is -0.000967. The molecule has 0 aromatic heterocycles. The number of likely N-dealkylation sites (N-methyl/N-ethyl adjacent to an activating group) is 1. The molecule has 0 spiro atoms. The Labute approximate surface area is 130 Å². The van der Waals surface area contributed by atoms with Crippen LogP contribution in [0.15, 0.2) is 59.5 Å². The third-order valence-corrected chi connectivity index (χ3v) is 3.92. The molecule has 110 valence electrons. The molecule has 0 heterocycles. The normalized spacial score (nSPS) is 10.2. The summed E-state index contributed by atoms with van der Waals surface area (Å²) < 4.78 is 0. The molecule has 0 aliphatic heterocycles. The molecule has 1 N–H and O–H groups in total. The number of nitrogens with zero attached hydrogens (tertiary/aromatic N) is 1. The Kier molecular flexibility index (Phi) is 5.69. The van der Waals surface area contributed by atoms with E-state index in [0.29, 0.717) is 6.54 Å². The van der Waals surface area contributed by atoms with Crippen molar-refractivity contribution >= 4 is 29.0 Å². The summed E-state index contributed by atoms with van der Waals surface area (Å²) in [5.74, 6) is -0.000967. The zero-order chi connectivity index (χ0) is 15.1. The lowest BCUT2D eigenvalue weighted by molar-refractivity contribution is -0.115. The summed E-state index contributed by atoms with van der Waals surface area (Å²) in [7, 11) is 0. The fraction of sp³-hybridized carbons (Fsp3) is 0.235. The van der Waals surface area contributed by atoms with Gasteiger partial charge in [0.25, 0.3) is 0 Å². The number of thioether (sulfide) groups is 1. The Bertz CT molecular complexity index is 586. The number of carbonyl (C=O) groups is 1. The highest BCUT2D eigenvalue weighted by atomic mass is 32.2. The summed E-state index contributed by atoms with van der Waals surface area (Å²) in [6.07, 6.45) is 2.02. The number of amides is 1. The topological polar surface area (TPSA) is 32.3 Å². The van der Waals surface area contributed by atoms with Gasteiger partial charge in [0, 0.05) is 22.8 Å². The van der Waals surface area contributed by atoms with Crippen molar-refractivity contribution in [3.8, 4) is 0 Å². The van der Waals surface area contributed by atoms with Crippen LogP contribution in [0.25, 0.3) is 0 Å². The fourth-order valence-electron chi connectivity index (χ4n) is 2.10. The van der Waals surface area contributed by atoms with E-state index in [0.717, 1.165) is 22.8 Å². The molecule has 1 amide bonds. The maximum absolute atomic E-state index is 12.2. The lowest BCUT2D eigenvalue weighted by Gasteiger charge is -2.22. The van der Waals surface area contributed by atoms with Crippen LogP contribution in [0.3, 0.4) is 0 Å². The van der Waals surface area contributed by atoms with Crippen LogP contribution in [0.5, 0.6) is 0 Å². The summed E-state index contributed by atoms with van der Waals surface area (Å²) in [5, 5.41) is 2.96. The number of hydrogen-bond acceptors (Lipinski definition) is 3. The van der Waals surface area contributed by atoms with Gasteiger partial charge < -0.3 is 10.2 Å². The van der Waals surface area contributed by atoms with Crippen molar-refractivity contribution in [3.63, 3.8) is 0 Å². The lowest BCUT2D eigenvalue weighted by atomic mass is 10.2. The van der Waals surface area contributed by atoms with Gasteiger partial charge in [0.1, 0.15) is 0 Å². The average molecular weight is 300 g/mol. The van der Waals surface area contributed by atoms with Crippen molar-refractivity contribution < 1.29 is 4.79 Å². The molecule has 0 radical (unpaired) electrons. The van der Waals surface area contributed by atoms with Crippen molar-refractivity contribution in [3.05, 3.63) is 54.6 Å². The third kappa shape index (κ3) is 4.53. The lowest BCUT2D eigenvalue weighted by Crippen LogP contribution is -2.33. The van der Waals surface area contributed by atoms with E-state index in [1.165, 1.54) is 0 Å². The SMILES string of the molecule is CCN(CC(=O)Nc1cccc(SC)c1)c1ccccc1. The van der Waals surface area contributed by atoms with Gasteiger partial charge in [-0.3, -0.25) is 4.79 Å². The maximum Gasteiger partial charge on any atom is 0.243 e. The number of hydrogen-bond donors (Lipinski definition) is 1. The molecule has 4 heteroatoms. The first-order chi connectivity index (χ1) is 10.2. The van der Waals surface area contributed by atoms with Crippen LogP contribution in [-0.4, -0.2) is 25.3 Å². The number of nitrogens with one attached hydrogen (secondary N) is 1. The maximum atomic E-state index is 12.2. The highest BCUT2D eigenvalue weighted by Crippen LogP contribution is 2.19. The van der Waals surface area contributed by atoms with E-state index in [1.54, 1.807) is 11.8 Å². The Morgan fingerprint density at radius 2 is 1.90 bits per heavy atom. The summed E-state index contributed by atoms with van der Waals surface area (Å²) in [6.45, 7) is 3.20. The second-order valence-corrected chi connectivity index (χ2v) is 5.51. The van der Waals surface area contributed by atoms with Crippen molar-refractivity contribution in [2.45, 2.75) is 11.8 Å². The van der Waals surface area contributed by atoms with E-state index in [4.69, 9.17) is 0 Å². The van der Waals surface area contributed by atoms with Crippen LogP contribution in [0.4, 0.5) is 11.4 Å². The molecule has 0 unspecified atom stereocenters. The molecule has 0 aliphatic carbocycles. The quantitative estimate of drug-likeness (QED) is 0.822. The predicted molar refractivity (Wildman–Crippen MR) is 91.2 cm³/mol. The number of benzene rings is 2. The van der Waals surface area contributed by atoms with Gasteiger partial charge in [0.05, 0.1) is 6.54 Å². The molecule has 3 nitrogen and oxygen atoms in total. The Hall–Kier alpha value is -1.94. The van der Waals surface area contributed by atoms with Crippen LogP contribution < -0.4 is 10.2 Å². The van der Waals surface area contributed by atoms with Gasteiger partial charge in [-0.2, -0.15) is 0 Å².